The number of fused-ring (bicyclic) bond motifs is 1. The van der Waals surface area contributed by atoms with E-state index in [4.69, 9.17) is 4.42 Å². The van der Waals surface area contributed by atoms with Crippen LogP contribution in [0, 0.1) is 6.92 Å². The van der Waals surface area contributed by atoms with Gasteiger partial charge < -0.3 is 9.32 Å². The topological polar surface area (TPSA) is 49.4 Å². The zero-order chi connectivity index (χ0) is 21.5. The Balaban J connectivity index is 1.40. The van der Waals surface area contributed by atoms with E-state index < -0.39 is 6.43 Å². The Bertz CT molecular complexity index is 1190. The fourth-order valence-corrected chi connectivity index (χ4v) is 3.99. The summed E-state index contributed by atoms with van der Waals surface area (Å²) in [5.41, 5.74) is 4.33. The normalized spacial score (nSPS) is 15.2. The lowest BCUT2D eigenvalue weighted by Gasteiger charge is -2.20. The minimum Gasteiger partial charge on any atom is -0.444 e. The third-order valence-electron chi connectivity index (χ3n) is 5.59. The van der Waals surface area contributed by atoms with Crippen LogP contribution in [0.2, 0.25) is 0 Å². The number of aryl methyl sites for hydroxylation is 1. The Hall–Kier alpha value is -3.61. The molecule has 0 spiro atoms. The lowest BCUT2D eigenvalue weighted by atomic mass is 9.98. The SMILES string of the molecule is Cc1nc2c(o1)CN(C(=O)C[N+]1=C(c3ccccc3)C=C1c1ccc(C(F)F)cc1)C2. The maximum Gasteiger partial charge on any atom is 0.289 e. The van der Waals surface area contributed by atoms with Gasteiger partial charge in [-0.05, 0) is 24.3 Å². The number of hydrogen-bond acceptors (Lipinski definition) is 3. The molecule has 156 valence electrons. The van der Waals surface area contributed by atoms with Crippen molar-refractivity contribution in [1.29, 1.82) is 0 Å². The number of hydrogen-bond donors (Lipinski definition) is 0. The van der Waals surface area contributed by atoms with Crippen molar-refractivity contribution < 1.29 is 22.6 Å². The van der Waals surface area contributed by atoms with E-state index in [1.54, 1.807) is 24.0 Å². The van der Waals surface area contributed by atoms with Gasteiger partial charge in [0.05, 0.1) is 19.2 Å². The van der Waals surface area contributed by atoms with Crippen molar-refractivity contribution in [2.24, 2.45) is 0 Å². The van der Waals surface area contributed by atoms with Crippen molar-refractivity contribution in [3.8, 4) is 0 Å². The molecule has 1 amide bonds. The van der Waals surface area contributed by atoms with Gasteiger partial charge in [0.1, 0.15) is 11.5 Å². The molecule has 5 rings (SSSR count). The molecular formula is C24H20F2N3O2+. The highest BCUT2D eigenvalue weighted by Crippen LogP contribution is 2.29. The second kappa shape index (κ2) is 7.58. The van der Waals surface area contributed by atoms with Gasteiger partial charge in [-0.1, -0.05) is 30.3 Å². The van der Waals surface area contributed by atoms with Gasteiger partial charge in [0.15, 0.2) is 5.89 Å². The van der Waals surface area contributed by atoms with Crippen LogP contribution in [-0.4, -0.2) is 32.6 Å². The lowest BCUT2D eigenvalue weighted by Crippen LogP contribution is -2.38. The maximum absolute atomic E-state index is 13.1. The molecule has 0 radical (unpaired) electrons. The van der Waals surface area contributed by atoms with E-state index >= 15 is 0 Å². The first-order valence-corrected chi connectivity index (χ1v) is 10.0. The van der Waals surface area contributed by atoms with E-state index in [2.05, 4.69) is 4.98 Å². The van der Waals surface area contributed by atoms with Crippen molar-refractivity contribution in [3.05, 3.63) is 94.7 Å². The van der Waals surface area contributed by atoms with Gasteiger partial charge in [-0.25, -0.2) is 13.8 Å². The van der Waals surface area contributed by atoms with E-state index in [9.17, 15) is 13.6 Å². The molecule has 2 aliphatic heterocycles. The molecule has 1 aromatic heterocycles. The largest absolute Gasteiger partial charge is 0.444 e. The number of halogens is 2. The predicted octanol–water partition coefficient (Wildman–Crippen LogP) is 4.32. The Labute approximate surface area is 178 Å². The van der Waals surface area contributed by atoms with Crippen LogP contribution in [0.25, 0.3) is 5.70 Å². The first-order chi connectivity index (χ1) is 15.0. The van der Waals surface area contributed by atoms with Gasteiger partial charge in [0.25, 0.3) is 12.3 Å². The maximum atomic E-state index is 13.1. The van der Waals surface area contributed by atoms with Gasteiger partial charge >= 0.3 is 0 Å². The third-order valence-corrected chi connectivity index (χ3v) is 5.59. The van der Waals surface area contributed by atoms with Crippen molar-refractivity contribution in [1.82, 2.24) is 9.88 Å². The summed E-state index contributed by atoms with van der Waals surface area (Å²) in [5, 5.41) is 0. The van der Waals surface area contributed by atoms with E-state index in [1.165, 1.54) is 12.1 Å². The van der Waals surface area contributed by atoms with E-state index in [1.807, 2.05) is 41.0 Å². The van der Waals surface area contributed by atoms with E-state index in [0.717, 1.165) is 34.0 Å². The van der Waals surface area contributed by atoms with Gasteiger partial charge in [-0.15, -0.1) is 0 Å². The molecule has 2 aromatic carbocycles. The van der Waals surface area contributed by atoms with Crippen LogP contribution >= 0.6 is 0 Å². The Kier molecular flexibility index (Phi) is 4.73. The quantitative estimate of drug-likeness (QED) is 0.578. The van der Waals surface area contributed by atoms with Crippen LogP contribution in [0.3, 0.4) is 0 Å². The zero-order valence-electron chi connectivity index (χ0n) is 16.9. The summed E-state index contributed by atoms with van der Waals surface area (Å²) in [5.74, 6) is 1.30. The number of carbonyl (C=O) groups excluding carboxylic acids is 1. The molecule has 0 unspecified atom stereocenters. The van der Waals surface area contributed by atoms with Crippen LogP contribution in [0.4, 0.5) is 8.78 Å². The standard InChI is InChI=1S/C24H20F2N3O2/c1-15-27-19-12-28(13-22(19)31-15)23(30)14-29-20(16-5-3-2-4-6-16)11-21(29)17-7-9-18(10-8-17)24(25)26/h2-11,24H,12-14H2,1H3/q+1. The van der Waals surface area contributed by atoms with Gasteiger partial charge in [0, 0.05) is 23.6 Å². The highest BCUT2D eigenvalue weighted by Gasteiger charge is 2.37. The van der Waals surface area contributed by atoms with Crippen molar-refractivity contribution >= 4 is 17.3 Å². The third kappa shape index (κ3) is 3.56. The number of nitrogens with zero attached hydrogens (tertiary/aromatic N) is 3. The van der Waals surface area contributed by atoms with Crippen LogP contribution in [0.1, 0.15) is 40.5 Å². The molecule has 0 N–H and O–H groups in total. The molecule has 0 bridgehead atoms. The van der Waals surface area contributed by atoms with Crippen LogP contribution in [0.15, 0.2) is 65.1 Å². The molecule has 7 heteroatoms. The number of alkyl halides is 2. The number of carbonyl (C=O) groups is 1. The highest BCUT2D eigenvalue weighted by atomic mass is 19.3. The summed E-state index contributed by atoms with van der Waals surface area (Å²) in [6, 6.07) is 16.0. The second-order valence-electron chi connectivity index (χ2n) is 7.64. The Morgan fingerprint density at radius 3 is 2.52 bits per heavy atom. The molecule has 0 saturated carbocycles. The molecule has 3 heterocycles. The second-order valence-corrected chi connectivity index (χ2v) is 7.64. The summed E-state index contributed by atoms with van der Waals surface area (Å²) in [7, 11) is 0. The zero-order valence-corrected chi connectivity index (χ0v) is 16.9. The monoisotopic (exact) mass is 420 g/mol. The molecule has 0 saturated heterocycles. The number of benzene rings is 2. The predicted molar refractivity (Wildman–Crippen MR) is 111 cm³/mol. The van der Waals surface area contributed by atoms with Crippen LogP contribution < -0.4 is 0 Å². The molecule has 0 atom stereocenters. The van der Waals surface area contributed by atoms with Gasteiger partial charge in [-0.3, -0.25) is 4.79 Å². The van der Waals surface area contributed by atoms with Crippen LogP contribution in [-0.2, 0) is 17.9 Å². The molecule has 2 aliphatic rings. The fourth-order valence-electron chi connectivity index (χ4n) is 3.99. The van der Waals surface area contributed by atoms with Crippen molar-refractivity contribution in [2.45, 2.75) is 26.4 Å². The minimum atomic E-state index is -2.51. The Morgan fingerprint density at radius 1 is 1.10 bits per heavy atom. The lowest BCUT2D eigenvalue weighted by molar-refractivity contribution is -0.429. The summed E-state index contributed by atoms with van der Waals surface area (Å²) in [4.78, 5) is 19.1. The number of oxazole rings is 1. The number of aromatic nitrogens is 1. The first-order valence-electron chi connectivity index (χ1n) is 10.0. The molecule has 0 aliphatic carbocycles. The summed E-state index contributed by atoms with van der Waals surface area (Å²) < 4.78 is 33.3. The van der Waals surface area contributed by atoms with Crippen LogP contribution in [0.5, 0.6) is 0 Å². The fraction of sp³-hybridized carbons (Fsp3) is 0.208. The van der Waals surface area contributed by atoms with Crippen molar-refractivity contribution in [3.63, 3.8) is 0 Å². The Morgan fingerprint density at radius 2 is 1.84 bits per heavy atom. The number of amides is 1. The smallest absolute Gasteiger partial charge is 0.289 e. The van der Waals surface area contributed by atoms with Gasteiger partial charge in [0.2, 0.25) is 18.0 Å². The summed E-state index contributed by atoms with van der Waals surface area (Å²) >= 11 is 0. The summed E-state index contributed by atoms with van der Waals surface area (Å²) in [6.45, 7) is 2.78. The average Bonchev–Trinajstić information content (AvgIpc) is 3.30. The molecule has 3 aromatic rings. The van der Waals surface area contributed by atoms with Gasteiger partial charge in [-0.2, -0.15) is 4.58 Å². The number of allylic oxidation sites excluding steroid dienone is 1. The van der Waals surface area contributed by atoms with E-state index in [-0.39, 0.29) is 18.0 Å². The molecule has 0 fully saturated rings. The van der Waals surface area contributed by atoms with E-state index in [0.29, 0.717) is 19.0 Å². The molecule has 31 heavy (non-hydrogen) atoms. The molecular weight excluding hydrogens is 400 g/mol. The summed E-state index contributed by atoms with van der Waals surface area (Å²) in [6.07, 6.45) is -0.523. The first kappa shape index (κ1) is 19.4. The average molecular weight is 420 g/mol. The minimum absolute atomic E-state index is 0.0212. The number of rotatable bonds is 5. The highest BCUT2D eigenvalue weighted by molar-refractivity contribution is 6.13. The van der Waals surface area contributed by atoms with Crippen molar-refractivity contribution in [2.75, 3.05) is 6.54 Å². The molecule has 5 nitrogen and oxygen atoms in total.